The number of halogens is 3. The highest BCUT2D eigenvalue weighted by atomic mass is 35.5. The molecule has 0 unspecified atom stereocenters. The predicted molar refractivity (Wildman–Crippen MR) is 220 cm³/mol. The zero-order chi connectivity index (χ0) is 38.6. The standard InChI is InChI=1S/C44H48Cl2FN5O3/c1-5-27-12-15-32(16-13-27)51(2)25-30-18-38(45)29(21-41(30)54-3)26-52-40-11-7-9-34(36(40)24-49-52)35-10-6-8-33(44(35)46)28-19-39(47)37(42(20-28)55-4)23-48-22-31-14-17-43(53)50-31/h5-11,18-21,24,27,31-32,48H,1,12-17,22-23,25-26H2,2-4H3,(H,50,53)/t27?,31-,32?/m0/s1. The van der Waals surface area contributed by atoms with Gasteiger partial charge in [-0.3, -0.25) is 14.4 Å². The Morgan fingerprint density at radius 2 is 1.73 bits per heavy atom. The van der Waals surface area contributed by atoms with Crippen molar-refractivity contribution in [3.05, 3.63) is 112 Å². The molecular formula is C44H48Cl2FN5O3. The fourth-order valence-electron chi connectivity index (χ4n) is 8.16. The second kappa shape index (κ2) is 17.2. The number of aromatic nitrogens is 2. The summed E-state index contributed by atoms with van der Waals surface area (Å²) in [5.74, 6) is 1.50. The number of carbonyl (C=O) groups excluding carboxylic acids is 1. The topological polar surface area (TPSA) is 80.7 Å². The largest absolute Gasteiger partial charge is 0.496 e. The quantitative estimate of drug-likeness (QED) is 0.109. The molecule has 8 nitrogen and oxygen atoms in total. The van der Waals surface area contributed by atoms with Gasteiger partial charge in [0.2, 0.25) is 5.91 Å². The summed E-state index contributed by atoms with van der Waals surface area (Å²) in [7, 11) is 5.42. The van der Waals surface area contributed by atoms with Gasteiger partial charge in [0.1, 0.15) is 17.3 Å². The summed E-state index contributed by atoms with van der Waals surface area (Å²) in [5, 5.41) is 13.1. The Morgan fingerprint density at radius 1 is 0.982 bits per heavy atom. The van der Waals surface area contributed by atoms with Gasteiger partial charge in [-0.1, -0.05) is 59.6 Å². The molecule has 1 saturated heterocycles. The lowest BCUT2D eigenvalue weighted by Crippen LogP contribution is -2.35. The number of fused-ring (bicyclic) bond motifs is 1. The third kappa shape index (κ3) is 8.41. The van der Waals surface area contributed by atoms with E-state index < -0.39 is 5.82 Å². The van der Waals surface area contributed by atoms with E-state index in [2.05, 4.69) is 35.2 Å². The molecule has 2 N–H and O–H groups in total. The first kappa shape index (κ1) is 38.8. The van der Waals surface area contributed by atoms with Gasteiger partial charge in [0.15, 0.2) is 0 Å². The molecule has 11 heteroatoms. The Balaban J connectivity index is 1.11. The molecule has 1 aliphatic heterocycles. The molecule has 2 fully saturated rings. The number of benzene rings is 4. The van der Waals surface area contributed by atoms with Crippen molar-refractivity contribution in [3.63, 3.8) is 0 Å². The fraction of sp³-hybridized carbons (Fsp3) is 0.364. The third-order valence-electron chi connectivity index (χ3n) is 11.3. The van der Waals surface area contributed by atoms with Crippen molar-refractivity contribution in [3.8, 4) is 33.8 Å². The van der Waals surface area contributed by atoms with Crippen LogP contribution in [0.5, 0.6) is 11.5 Å². The number of allylic oxidation sites excluding steroid dienone is 1. The number of hydrogen-bond donors (Lipinski definition) is 2. The molecule has 5 aromatic rings. The number of nitrogens with one attached hydrogen (secondary N) is 2. The lowest BCUT2D eigenvalue weighted by molar-refractivity contribution is -0.119. The molecule has 0 bridgehead atoms. The smallest absolute Gasteiger partial charge is 0.220 e. The molecule has 288 valence electrons. The van der Waals surface area contributed by atoms with Crippen LogP contribution in [0, 0.1) is 11.7 Å². The monoisotopic (exact) mass is 783 g/mol. The maximum absolute atomic E-state index is 15.7. The number of hydrogen-bond acceptors (Lipinski definition) is 6. The highest BCUT2D eigenvalue weighted by molar-refractivity contribution is 6.36. The summed E-state index contributed by atoms with van der Waals surface area (Å²) in [6, 6.07) is 19.8. The van der Waals surface area contributed by atoms with Gasteiger partial charge in [-0.2, -0.15) is 5.10 Å². The highest BCUT2D eigenvalue weighted by Gasteiger charge is 2.25. The van der Waals surface area contributed by atoms with Crippen LogP contribution in [-0.2, 0) is 24.4 Å². The van der Waals surface area contributed by atoms with E-state index in [-0.39, 0.29) is 18.5 Å². The van der Waals surface area contributed by atoms with Crippen LogP contribution in [0.4, 0.5) is 4.39 Å². The van der Waals surface area contributed by atoms with Crippen molar-refractivity contribution in [1.82, 2.24) is 25.3 Å². The lowest BCUT2D eigenvalue weighted by Gasteiger charge is -2.34. The number of rotatable bonds is 14. The van der Waals surface area contributed by atoms with Crippen molar-refractivity contribution in [2.24, 2.45) is 5.92 Å². The third-order valence-corrected chi connectivity index (χ3v) is 12.1. The molecular weight excluding hydrogens is 736 g/mol. The van der Waals surface area contributed by atoms with Crippen molar-refractivity contribution in [1.29, 1.82) is 0 Å². The van der Waals surface area contributed by atoms with E-state index in [1.54, 1.807) is 7.11 Å². The summed E-state index contributed by atoms with van der Waals surface area (Å²) >= 11 is 14.1. The van der Waals surface area contributed by atoms with Crippen LogP contribution >= 0.6 is 23.2 Å². The van der Waals surface area contributed by atoms with Gasteiger partial charge in [-0.15, -0.1) is 6.58 Å². The fourth-order valence-corrected chi connectivity index (χ4v) is 8.74. The number of nitrogens with zero attached hydrogens (tertiary/aromatic N) is 3. The van der Waals surface area contributed by atoms with Crippen LogP contribution in [-0.4, -0.2) is 60.5 Å². The van der Waals surface area contributed by atoms with Crippen molar-refractivity contribution < 1.29 is 18.7 Å². The van der Waals surface area contributed by atoms with E-state index in [9.17, 15) is 4.79 Å². The zero-order valence-corrected chi connectivity index (χ0v) is 33.2. The Bertz CT molecular complexity index is 2200. The van der Waals surface area contributed by atoms with E-state index >= 15 is 4.39 Å². The highest BCUT2D eigenvalue weighted by Crippen LogP contribution is 2.41. The van der Waals surface area contributed by atoms with E-state index in [1.807, 2.05) is 65.5 Å². The van der Waals surface area contributed by atoms with Crippen molar-refractivity contribution in [2.45, 2.75) is 70.2 Å². The van der Waals surface area contributed by atoms with Crippen molar-refractivity contribution >= 4 is 40.0 Å². The molecule has 1 aromatic heterocycles. The second-order valence-electron chi connectivity index (χ2n) is 14.8. The molecule has 2 heterocycles. The molecule has 1 saturated carbocycles. The zero-order valence-electron chi connectivity index (χ0n) is 31.6. The molecule has 0 radical (unpaired) electrons. The lowest BCUT2D eigenvalue weighted by atomic mass is 9.85. The normalized spacial score (nSPS) is 18.5. The molecule has 7 rings (SSSR count). The van der Waals surface area contributed by atoms with Crippen LogP contribution in [0.2, 0.25) is 10.0 Å². The Morgan fingerprint density at radius 3 is 2.45 bits per heavy atom. The summed E-state index contributed by atoms with van der Waals surface area (Å²) in [5.41, 5.74) is 6.32. The minimum absolute atomic E-state index is 0.0433. The van der Waals surface area contributed by atoms with Crippen LogP contribution in [0.25, 0.3) is 33.2 Å². The minimum atomic E-state index is -0.399. The first-order valence-electron chi connectivity index (χ1n) is 19.0. The average molecular weight is 785 g/mol. The molecule has 1 amide bonds. The SMILES string of the molecule is C=CC1CCC(N(C)Cc2cc(Cl)c(Cn3ncc4c(-c5cccc(-c6cc(F)c(CNC[C@@H]7CCC(=O)N7)c(OC)c6)c5Cl)cccc43)cc2OC)CC1. The number of carbonyl (C=O) groups is 1. The maximum atomic E-state index is 15.7. The maximum Gasteiger partial charge on any atom is 0.220 e. The molecule has 55 heavy (non-hydrogen) atoms. The van der Waals surface area contributed by atoms with Crippen molar-refractivity contribution in [2.75, 3.05) is 27.8 Å². The van der Waals surface area contributed by atoms with Crippen LogP contribution < -0.4 is 20.1 Å². The second-order valence-corrected chi connectivity index (χ2v) is 15.5. The van der Waals surface area contributed by atoms with E-state index in [0.717, 1.165) is 64.7 Å². The molecule has 2 aliphatic rings. The number of ether oxygens (including phenoxy) is 2. The van der Waals surface area contributed by atoms with Gasteiger partial charge in [0.05, 0.1) is 37.5 Å². The van der Waals surface area contributed by atoms with Crippen LogP contribution in [0.3, 0.4) is 0 Å². The van der Waals surface area contributed by atoms with Gasteiger partial charge < -0.3 is 20.1 Å². The van der Waals surface area contributed by atoms with Gasteiger partial charge >= 0.3 is 0 Å². The summed E-state index contributed by atoms with van der Waals surface area (Å²) < 4.78 is 29.1. The van der Waals surface area contributed by atoms with Gasteiger partial charge in [0.25, 0.3) is 0 Å². The summed E-state index contributed by atoms with van der Waals surface area (Å²) in [6.07, 6.45) is 9.91. The minimum Gasteiger partial charge on any atom is -0.496 e. The molecule has 4 aromatic carbocycles. The average Bonchev–Trinajstić information content (AvgIpc) is 3.81. The summed E-state index contributed by atoms with van der Waals surface area (Å²) in [6.45, 7) is 6.01. The Kier molecular flexibility index (Phi) is 12.1. The van der Waals surface area contributed by atoms with E-state index in [1.165, 1.54) is 26.0 Å². The Hall–Kier alpha value is -4.41. The van der Waals surface area contributed by atoms with Gasteiger partial charge in [-0.05, 0) is 92.1 Å². The van der Waals surface area contributed by atoms with Gasteiger partial charge in [0, 0.05) is 70.8 Å². The first-order valence-corrected chi connectivity index (χ1v) is 19.7. The van der Waals surface area contributed by atoms with Crippen LogP contribution in [0.15, 0.2) is 79.5 Å². The van der Waals surface area contributed by atoms with E-state index in [4.69, 9.17) is 37.8 Å². The molecule has 0 spiro atoms. The van der Waals surface area contributed by atoms with Gasteiger partial charge in [-0.25, -0.2) is 4.39 Å². The van der Waals surface area contributed by atoms with Crippen LogP contribution in [0.1, 0.15) is 55.2 Å². The Labute approximate surface area is 332 Å². The first-order chi connectivity index (χ1) is 26.7. The summed E-state index contributed by atoms with van der Waals surface area (Å²) in [4.78, 5) is 14.0. The van der Waals surface area contributed by atoms with E-state index in [0.29, 0.717) is 64.0 Å². The predicted octanol–water partition coefficient (Wildman–Crippen LogP) is 9.43. The number of methoxy groups -OCH3 is 2. The number of amides is 1. The molecule has 1 atom stereocenters. The molecule has 1 aliphatic carbocycles.